The summed E-state index contributed by atoms with van der Waals surface area (Å²) in [6, 6.07) is 15.8. The van der Waals surface area contributed by atoms with Crippen molar-refractivity contribution < 1.29 is 10.1 Å². The lowest BCUT2D eigenvalue weighted by molar-refractivity contribution is -0.711. The molecule has 2 N–H and O–H groups in total. The van der Waals surface area contributed by atoms with Crippen LogP contribution in [0.1, 0.15) is 36.3 Å². The fourth-order valence-electron chi connectivity index (χ4n) is 3.12. The highest BCUT2D eigenvalue weighted by Gasteiger charge is 2.14. The van der Waals surface area contributed by atoms with E-state index in [1.54, 1.807) is 17.6 Å². The van der Waals surface area contributed by atoms with Gasteiger partial charge in [0.25, 0.3) is 5.56 Å². The summed E-state index contributed by atoms with van der Waals surface area (Å²) in [5.74, 6) is 0.859. The number of rotatable bonds is 6. The molecular weight excluding hydrogens is 314 g/mol. The van der Waals surface area contributed by atoms with Gasteiger partial charge in [0.2, 0.25) is 0 Å². The minimum absolute atomic E-state index is 0.0241. The van der Waals surface area contributed by atoms with Gasteiger partial charge in [-0.15, -0.1) is 0 Å². The lowest BCUT2D eigenvalue weighted by atomic mass is 10.0. The number of aryl methyl sites for hydroxylation is 1. The van der Waals surface area contributed by atoms with Crippen LogP contribution in [0.2, 0.25) is 0 Å². The van der Waals surface area contributed by atoms with Crippen LogP contribution in [0.25, 0.3) is 5.65 Å². The number of ether oxygens (including phenoxy) is 1. The summed E-state index contributed by atoms with van der Waals surface area (Å²) in [5, 5.41) is 2.23. The molecule has 5 heteroatoms. The van der Waals surface area contributed by atoms with Gasteiger partial charge >= 0.3 is 0 Å². The molecule has 0 aliphatic carbocycles. The van der Waals surface area contributed by atoms with Crippen molar-refractivity contribution in [3.05, 3.63) is 75.8 Å². The first-order valence-corrected chi connectivity index (χ1v) is 8.58. The van der Waals surface area contributed by atoms with E-state index in [0.717, 1.165) is 23.6 Å². The molecule has 0 radical (unpaired) electrons. The highest BCUT2D eigenvalue weighted by atomic mass is 16.5. The van der Waals surface area contributed by atoms with Gasteiger partial charge in [0.1, 0.15) is 29.7 Å². The predicted octanol–water partition coefficient (Wildman–Crippen LogP) is 2.23. The third-order valence-electron chi connectivity index (χ3n) is 4.53. The summed E-state index contributed by atoms with van der Waals surface area (Å²) in [6.45, 7) is 4.75. The van der Waals surface area contributed by atoms with Gasteiger partial charge in [-0.2, -0.15) is 0 Å². The van der Waals surface area contributed by atoms with Crippen molar-refractivity contribution >= 4 is 5.65 Å². The molecule has 25 heavy (non-hydrogen) atoms. The van der Waals surface area contributed by atoms with Crippen molar-refractivity contribution in [2.24, 2.45) is 0 Å². The number of pyridine rings is 1. The summed E-state index contributed by atoms with van der Waals surface area (Å²) in [7, 11) is 1.67. The number of hydrogen-bond acceptors (Lipinski definition) is 3. The summed E-state index contributed by atoms with van der Waals surface area (Å²) < 4.78 is 6.86. The minimum atomic E-state index is -0.0241. The van der Waals surface area contributed by atoms with Gasteiger partial charge in [0.05, 0.1) is 7.11 Å². The monoisotopic (exact) mass is 338 g/mol. The first-order chi connectivity index (χ1) is 12.1. The molecule has 2 heterocycles. The van der Waals surface area contributed by atoms with Crippen molar-refractivity contribution in [1.82, 2.24) is 9.38 Å². The van der Waals surface area contributed by atoms with E-state index in [2.05, 4.69) is 29.4 Å². The molecule has 0 amide bonds. The van der Waals surface area contributed by atoms with Crippen molar-refractivity contribution in [1.29, 1.82) is 0 Å². The van der Waals surface area contributed by atoms with Gasteiger partial charge in [0.15, 0.2) is 0 Å². The van der Waals surface area contributed by atoms with Gasteiger partial charge in [-0.1, -0.05) is 13.0 Å². The van der Waals surface area contributed by atoms with E-state index in [4.69, 9.17) is 4.74 Å². The largest absolute Gasteiger partial charge is 0.497 e. The molecule has 3 rings (SSSR count). The Hall–Kier alpha value is -2.66. The fraction of sp³-hybridized carbons (Fsp3) is 0.300. The van der Waals surface area contributed by atoms with Gasteiger partial charge in [-0.3, -0.25) is 9.20 Å². The van der Waals surface area contributed by atoms with Crippen molar-refractivity contribution in [2.75, 3.05) is 7.11 Å². The van der Waals surface area contributed by atoms with Gasteiger partial charge in [-0.25, -0.2) is 4.98 Å². The van der Waals surface area contributed by atoms with Crippen molar-refractivity contribution in [2.45, 2.75) is 32.9 Å². The number of nitrogens with two attached hydrogens (primary N) is 1. The number of fused-ring (bicyclic) bond motifs is 1. The molecule has 0 spiro atoms. The van der Waals surface area contributed by atoms with Crippen LogP contribution in [0.3, 0.4) is 0 Å². The SMILES string of the molecule is CC[C@@H]([NH2+]Cc1cc(=O)n2c(C)cccc2n1)c1ccc(OC)cc1. The Morgan fingerprint density at radius 1 is 1.20 bits per heavy atom. The molecule has 0 bridgehead atoms. The van der Waals surface area contributed by atoms with Gasteiger partial charge in [-0.05, 0) is 43.3 Å². The highest BCUT2D eigenvalue weighted by Crippen LogP contribution is 2.17. The first-order valence-electron chi connectivity index (χ1n) is 8.58. The maximum absolute atomic E-state index is 12.4. The zero-order valence-corrected chi connectivity index (χ0v) is 14.9. The van der Waals surface area contributed by atoms with Crippen LogP contribution in [0, 0.1) is 6.92 Å². The molecule has 130 valence electrons. The van der Waals surface area contributed by atoms with E-state index in [1.165, 1.54) is 5.56 Å². The third kappa shape index (κ3) is 3.72. The van der Waals surface area contributed by atoms with E-state index in [9.17, 15) is 4.79 Å². The Labute approximate surface area is 147 Å². The van der Waals surface area contributed by atoms with E-state index >= 15 is 0 Å². The molecule has 0 aliphatic rings. The lowest BCUT2D eigenvalue weighted by Gasteiger charge is -2.14. The third-order valence-corrected chi connectivity index (χ3v) is 4.53. The van der Waals surface area contributed by atoms with E-state index in [0.29, 0.717) is 18.2 Å². The Kier molecular flexibility index (Phi) is 5.14. The topological polar surface area (TPSA) is 60.2 Å². The van der Waals surface area contributed by atoms with Gasteiger partial charge < -0.3 is 10.1 Å². The number of nitrogens with zero attached hydrogens (tertiary/aromatic N) is 2. The Bertz CT molecular complexity index is 916. The predicted molar refractivity (Wildman–Crippen MR) is 97.9 cm³/mol. The van der Waals surface area contributed by atoms with Crippen LogP contribution >= 0.6 is 0 Å². The number of methoxy groups -OCH3 is 1. The van der Waals surface area contributed by atoms with Crippen LogP contribution in [0.15, 0.2) is 53.3 Å². The molecule has 1 aromatic carbocycles. The molecule has 0 saturated heterocycles. The van der Waals surface area contributed by atoms with E-state index in [1.807, 2.05) is 37.3 Å². The fourth-order valence-corrected chi connectivity index (χ4v) is 3.12. The minimum Gasteiger partial charge on any atom is -0.497 e. The molecule has 3 aromatic rings. The Morgan fingerprint density at radius 2 is 1.96 bits per heavy atom. The van der Waals surface area contributed by atoms with Crippen molar-refractivity contribution in [3.63, 3.8) is 0 Å². The molecule has 0 saturated carbocycles. The second-order valence-corrected chi connectivity index (χ2v) is 6.17. The standard InChI is InChI=1S/C20H23N3O2/c1-4-18(15-8-10-17(25-3)11-9-15)21-13-16-12-20(24)23-14(2)6-5-7-19(23)22-16/h5-12,18,21H,4,13H2,1-3H3/p+1/t18-/m1/s1. The maximum Gasteiger partial charge on any atom is 0.258 e. The zero-order chi connectivity index (χ0) is 17.8. The molecule has 0 unspecified atom stereocenters. The number of hydrogen-bond donors (Lipinski definition) is 1. The summed E-state index contributed by atoms with van der Waals surface area (Å²) in [6.07, 6.45) is 0.998. The van der Waals surface area contributed by atoms with Gasteiger partial charge in [0, 0.05) is 23.7 Å². The highest BCUT2D eigenvalue weighted by molar-refractivity contribution is 5.40. The van der Waals surface area contributed by atoms with E-state index in [-0.39, 0.29) is 5.56 Å². The quantitative estimate of drug-likeness (QED) is 0.750. The van der Waals surface area contributed by atoms with Crippen LogP contribution in [0.4, 0.5) is 0 Å². The molecule has 0 fully saturated rings. The second-order valence-electron chi connectivity index (χ2n) is 6.17. The zero-order valence-electron chi connectivity index (χ0n) is 14.9. The summed E-state index contributed by atoms with van der Waals surface area (Å²) >= 11 is 0. The van der Waals surface area contributed by atoms with Crippen LogP contribution in [0.5, 0.6) is 5.75 Å². The van der Waals surface area contributed by atoms with Crippen LogP contribution in [-0.2, 0) is 6.54 Å². The lowest BCUT2D eigenvalue weighted by Crippen LogP contribution is -2.83. The van der Waals surface area contributed by atoms with Crippen LogP contribution in [-0.4, -0.2) is 16.5 Å². The van der Waals surface area contributed by atoms with Crippen molar-refractivity contribution in [3.8, 4) is 5.75 Å². The summed E-state index contributed by atoms with van der Waals surface area (Å²) in [5.41, 5.74) is 3.63. The molecule has 2 aromatic heterocycles. The number of aromatic nitrogens is 2. The number of quaternary nitrogens is 1. The average Bonchev–Trinajstić information content (AvgIpc) is 2.62. The van der Waals surface area contributed by atoms with Crippen LogP contribution < -0.4 is 15.6 Å². The molecule has 5 nitrogen and oxygen atoms in total. The Balaban J connectivity index is 1.79. The normalized spacial score (nSPS) is 12.3. The molecular formula is C20H24N3O2+. The summed E-state index contributed by atoms with van der Waals surface area (Å²) in [4.78, 5) is 17.0. The molecule has 1 atom stereocenters. The van der Waals surface area contributed by atoms with E-state index < -0.39 is 0 Å². The smallest absolute Gasteiger partial charge is 0.258 e. The number of benzene rings is 1. The first kappa shape index (κ1) is 17.2. The second kappa shape index (κ2) is 7.49. The Morgan fingerprint density at radius 3 is 2.64 bits per heavy atom. The maximum atomic E-state index is 12.4. The average molecular weight is 338 g/mol. The molecule has 0 aliphatic heterocycles.